The van der Waals surface area contributed by atoms with Crippen molar-refractivity contribution < 1.29 is 4.79 Å². The summed E-state index contributed by atoms with van der Waals surface area (Å²) in [4.78, 5) is 10.3. The van der Waals surface area contributed by atoms with Gasteiger partial charge in [-0.1, -0.05) is 0 Å². The van der Waals surface area contributed by atoms with Crippen LogP contribution in [0.25, 0.3) is 0 Å². The monoisotopic (exact) mass is 144 g/mol. The standard InChI is InChI=1S/C4H6GeO/c6-4-1-2-5-3-4/h1-3H2. The summed E-state index contributed by atoms with van der Waals surface area (Å²) in [5.41, 5.74) is 0. The Morgan fingerprint density at radius 1 is 1.67 bits per heavy atom. The maximum absolute atomic E-state index is 10.3. The van der Waals surface area contributed by atoms with Crippen LogP contribution in [0.2, 0.25) is 10.5 Å². The van der Waals surface area contributed by atoms with E-state index >= 15 is 0 Å². The Balaban J connectivity index is 2.37. The van der Waals surface area contributed by atoms with E-state index in [-0.39, 0.29) is 15.4 Å². The van der Waals surface area contributed by atoms with E-state index in [1.165, 1.54) is 5.25 Å². The molecule has 0 aromatic rings. The third-order valence-corrected chi connectivity index (χ3v) is 3.52. The van der Waals surface area contributed by atoms with Crippen LogP contribution in [-0.2, 0) is 4.79 Å². The fraction of sp³-hybridized carbons (Fsp3) is 0.750. The summed E-state index contributed by atoms with van der Waals surface area (Å²) in [6.45, 7) is 0. The molecule has 2 heteroatoms. The summed E-state index contributed by atoms with van der Waals surface area (Å²) in [5, 5.41) is 2.23. The number of Topliss-reactive ketones (excluding diaryl/α,β-unsaturated/α-hetero) is 1. The fourth-order valence-electron chi connectivity index (χ4n) is 0.544. The molecular weight excluding hydrogens is 137 g/mol. The molecule has 1 aliphatic heterocycles. The molecule has 1 rings (SSSR count). The van der Waals surface area contributed by atoms with Crippen LogP contribution < -0.4 is 0 Å². The van der Waals surface area contributed by atoms with Gasteiger partial charge in [0, 0.05) is 0 Å². The van der Waals surface area contributed by atoms with Gasteiger partial charge in [-0.3, -0.25) is 0 Å². The molecule has 0 aromatic carbocycles. The van der Waals surface area contributed by atoms with Gasteiger partial charge in [-0.05, 0) is 0 Å². The van der Waals surface area contributed by atoms with Crippen LogP contribution in [0.15, 0.2) is 0 Å². The molecule has 0 bridgehead atoms. The third kappa shape index (κ3) is 0.836. The van der Waals surface area contributed by atoms with Gasteiger partial charge in [0.15, 0.2) is 0 Å². The van der Waals surface area contributed by atoms with E-state index in [2.05, 4.69) is 0 Å². The predicted molar refractivity (Wildman–Crippen MR) is 25.0 cm³/mol. The van der Waals surface area contributed by atoms with E-state index in [1.807, 2.05) is 0 Å². The first kappa shape index (κ1) is 4.37. The topological polar surface area (TPSA) is 17.1 Å². The zero-order valence-corrected chi connectivity index (χ0v) is 5.63. The van der Waals surface area contributed by atoms with Crippen LogP contribution in [0.5, 0.6) is 0 Å². The number of ketones is 1. The molecule has 0 amide bonds. The van der Waals surface area contributed by atoms with Crippen LogP contribution in [0.3, 0.4) is 0 Å². The Hall–Kier alpha value is 0.213. The maximum atomic E-state index is 10.3. The SMILES string of the molecule is O=C1C[CH2][Ge][CH2]1. The van der Waals surface area contributed by atoms with E-state index in [1.54, 1.807) is 0 Å². The van der Waals surface area contributed by atoms with Gasteiger partial charge >= 0.3 is 42.9 Å². The average molecular weight is 143 g/mol. The molecule has 0 spiro atoms. The van der Waals surface area contributed by atoms with Gasteiger partial charge in [0.05, 0.1) is 0 Å². The molecule has 0 unspecified atom stereocenters. The molecule has 2 radical (unpaired) electrons. The first-order valence-corrected chi connectivity index (χ1v) is 5.09. The van der Waals surface area contributed by atoms with Crippen LogP contribution in [0.1, 0.15) is 6.42 Å². The molecule has 0 saturated carbocycles. The zero-order chi connectivity index (χ0) is 4.41. The van der Waals surface area contributed by atoms with Gasteiger partial charge in [-0.15, -0.1) is 0 Å². The van der Waals surface area contributed by atoms with E-state index in [0.717, 1.165) is 11.7 Å². The van der Waals surface area contributed by atoms with Crippen molar-refractivity contribution in [3.05, 3.63) is 0 Å². The normalized spacial score (nSPS) is 22.3. The van der Waals surface area contributed by atoms with Crippen LogP contribution in [0, 0.1) is 0 Å². The van der Waals surface area contributed by atoms with E-state index < -0.39 is 0 Å². The third-order valence-electron chi connectivity index (χ3n) is 0.903. The van der Waals surface area contributed by atoms with Crippen LogP contribution in [0.4, 0.5) is 0 Å². The van der Waals surface area contributed by atoms with Gasteiger partial charge in [-0.2, -0.15) is 0 Å². The Bertz CT molecular complexity index is 61.9. The molecule has 0 aliphatic carbocycles. The van der Waals surface area contributed by atoms with Gasteiger partial charge in [0.1, 0.15) is 0 Å². The van der Waals surface area contributed by atoms with Crippen molar-refractivity contribution in [3.8, 4) is 0 Å². The molecule has 32 valence electrons. The Morgan fingerprint density at radius 3 is 2.67 bits per heavy atom. The van der Waals surface area contributed by atoms with Crippen LogP contribution in [-0.4, -0.2) is 21.2 Å². The van der Waals surface area contributed by atoms with Crippen molar-refractivity contribution in [1.29, 1.82) is 0 Å². The first-order valence-electron chi connectivity index (χ1n) is 2.12. The van der Waals surface area contributed by atoms with Crippen molar-refractivity contribution in [2.45, 2.75) is 16.9 Å². The number of hydrogen-bond donors (Lipinski definition) is 0. The van der Waals surface area contributed by atoms with Crippen molar-refractivity contribution in [3.63, 3.8) is 0 Å². The fourth-order valence-corrected chi connectivity index (χ4v) is 2.83. The Labute approximate surface area is 43.6 Å². The number of carbonyl (C=O) groups is 1. The molecule has 0 N–H and O–H groups in total. The average Bonchev–Trinajstić information content (AvgIpc) is 1.86. The van der Waals surface area contributed by atoms with E-state index in [0.29, 0.717) is 5.78 Å². The minimum atomic E-state index is 0.245. The first-order chi connectivity index (χ1) is 2.89. The summed E-state index contributed by atoms with van der Waals surface area (Å²) in [5.74, 6) is 0.509. The molecule has 0 aromatic heterocycles. The second kappa shape index (κ2) is 1.78. The van der Waals surface area contributed by atoms with E-state index in [9.17, 15) is 4.79 Å². The quantitative estimate of drug-likeness (QED) is 0.451. The minimum absolute atomic E-state index is 0.245. The molecule has 1 heterocycles. The molecule has 1 nitrogen and oxygen atoms in total. The molecular formula is C4H6GeO. The molecule has 1 fully saturated rings. The zero-order valence-electron chi connectivity index (χ0n) is 3.53. The summed E-state index contributed by atoms with van der Waals surface area (Å²) < 4.78 is 0. The van der Waals surface area contributed by atoms with Crippen LogP contribution >= 0.6 is 0 Å². The summed E-state index contributed by atoms with van der Waals surface area (Å²) in [7, 11) is 0. The molecule has 6 heavy (non-hydrogen) atoms. The van der Waals surface area contributed by atoms with E-state index in [4.69, 9.17) is 0 Å². The molecule has 0 atom stereocenters. The van der Waals surface area contributed by atoms with Gasteiger partial charge < -0.3 is 0 Å². The summed E-state index contributed by atoms with van der Waals surface area (Å²) in [6.07, 6.45) is 0.903. The summed E-state index contributed by atoms with van der Waals surface area (Å²) in [6, 6.07) is 0. The second-order valence-corrected chi connectivity index (χ2v) is 4.31. The predicted octanol–water partition coefficient (Wildman–Crippen LogP) is 0.500. The summed E-state index contributed by atoms with van der Waals surface area (Å²) >= 11 is 0.245. The van der Waals surface area contributed by atoms with Crippen molar-refractivity contribution in [2.75, 3.05) is 0 Å². The van der Waals surface area contributed by atoms with Gasteiger partial charge in [0.2, 0.25) is 0 Å². The number of hydrogen-bond acceptors (Lipinski definition) is 1. The Kier molecular flexibility index (Phi) is 1.30. The van der Waals surface area contributed by atoms with Crippen molar-refractivity contribution >= 4 is 21.2 Å². The Morgan fingerprint density at radius 2 is 2.50 bits per heavy atom. The number of carbonyl (C=O) groups excluding carboxylic acids is 1. The van der Waals surface area contributed by atoms with Gasteiger partial charge in [0.25, 0.3) is 0 Å². The van der Waals surface area contributed by atoms with Crippen molar-refractivity contribution in [1.82, 2.24) is 0 Å². The van der Waals surface area contributed by atoms with Gasteiger partial charge in [-0.25, -0.2) is 0 Å². The second-order valence-electron chi connectivity index (χ2n) is 1.47. The van der Waals surface area contributed by atoms with Crippen molar-refractivity contribution in [2.24, 2.45) is 0 Å². The molecule has 1 saturated heterocycles. The number of rotatable bonds is 0. The molecule has 1 aliphatic rings.